The molecule has 2 aromatic carbocycles. The van der Waals surface area contributed by atoms with Crippen molar-refractivity contribution in [3.63, 3.8) is 0 Å². The lowest BCUT2D eigenvalue weighted by atomic mass is 10.1. The fraction of sp³-hybridized carbons (Fsp3) is 0.321. The highest BCUT2D eigenvalue weighted by molar-refractivity contribution is 5.94. The summed E-state index contributed by atoms with van der Waals surface area (Å²) in [5.74, 6) is 6.57. The van der Waals surface area contributed by atoms with E-state index in [-0.39, 0.29) is 18.6 Å². The Bertz CT molecular complexity index is 1330. The van der Waals surface area contributed by atoms with Gasteiger partial charge in [0, 0.05) is 44.0 Å². The van der Waals surface area contributed by atoms with Crippen LogP contribution in [0.2, 0.25) is 0 Å². The van der Waals surface area contributed by atoms with Crippen LogP contribution in [0, 0.1) is 23.2 Å². The SMILES string of the molecule is COc1ccc(N(C)c2cc(C#N)nc3ccccc23)cc1C#CCCC(=O)NO[C@H]1CCCCO1. The molecule has 0 bridgehead atoms. The Hall–Kier alpha value is -4.11. The van der Waals surface area contributed by atoms with E-state index in [1.165, 1.54) is 0 Å². The van der Waals surface area contributed by atoms with E-state index < -0.39 is 0 Å². The number of carbonyl (C=O) groups excluding carboxylic acids is 1. The second-order valence-electron chi connectivity index (χ2n) is 8.34. The smallest absolute Gasteiger partial charge is 0.244 e. The van der Waals surface area contributed by atoms with Crippen LogP contribution in [0.5, 0.6) is 5.75 Å². The molecule has 1 amide bonds. The zero-order chi connectivity index (χ0) is 25.3. The summed E-state index contributed by atoms with van der Waals surface area (Å²) in [7, 11) is 3.53. The quantitative estimate of drug-likeness (QED) is 0.387. The predicted molar refractivity (Wildman–Crippen MR) is 136 cm³/mol. The van der Waals surface area contributed by atoms with E-state index in [0.717, 1.165) is 41.5 Å². The minimum Gasteiger partial charge on any atom is -0.495 e. The number of para-hydroxylation sites is 1. The molecule has 0 saturated carbocycles. The number of anilines is 2. The predicted octanol–water partition coefficient (Wildman–Crippen LogP) is 4.59. The molecule has 1 saturated heterocycles. The van der Waals surface area contributed by atoms with Gasteiger partial charge >= 0.3 is 0 Å². The molecule has 0 spiro atoms. The third kappa shape index (κ3) is 6.11. The number of nitrogens with zero attached hydrogens (tertiary/aromatic N) is 3. The van der Waals surface area contributed by atoms with Crippen LogP contribution < -0.4 is 15.1 Å². The van der Waals surface area contributed by atoms with Crippen molar-refractivity contribution in [3.8, 4) is 23.7 Å². The Labute approximate surface area is 210 Å². The number of fused-ring (bicyclic) bond motifs is 1. The van der Waals surface area contributed by atoms with Crippen molar-refractivity contribution in [1.82, 2.24) is 10.5 Å². The van der Waals surface area contributed by atoms with Crippen LogP contribution in [0.3, 0.4) is 0 Å². The molecule has 1 fully saturated rings. The normalized spacial score (nSPS) is 14.9. The Morgan fingerprint density at radius 2 is 2.11 bits per heavy atom. The van der Waals surface area contributed by atoms with E-state index in [0.29, 0.717) is 30.0 Å². The van der Waals surface area contributed by atoms with E-state index in [2.05, 4.69) is 28.4 Å². The largest absolute Gasteiger partial charge is 0.495 e. The van der Waals surface area contributed by atoms with Gasteiger partial charge in [-0.15, -0.1) is 0 Å². The van der Waals surface area contributed by atoms with Gasteiger partial charge in [-0.2, -0.15) is 5.26 Å². The van der Waals surface area contributed by atoms with E-state index in [1.807, 2.05) is 54.4 Å². The number of benzene rings is 2. The Balaban J connectivity index is 1.46. The molecule has 3 aromatic rings. The molecule has 2 heterocycles. The van der Waals surface area contributed by atoms with Crippen LogP contribution in [0.1, 0.15) is 43.4 Å². The summed E-state index contributed by atoms with van der Waals surface area (Å²) in [6, 6.07) is 17.3. The molecule has 36 heavy (non-hydrogen) atoms. The van der Waals surface area contributed by atoms with Crippen LogP contribution >= 0.6 is 0 Å². The van der Waals surface area contributed by atoms with Crippen molar-refractivity contribution in [3.05, 3.63) is 59.8 Å². The molecule has 8 nitrogen and oxygen atoms in total. The summed E-state index contributed by atoms with van der Waals surface area (Å²) >= 11 is 0. The molecule has 1 aliphatic rings. The molecule has 1 atom stereocenters. The molecule has 4 rings (SSSR count). The van der Waals surface area contributed by atoms with Crippen molar-refractivity contribution in [2.75, 3.05) is 25.7 Å². The number of amides is 1. The molecule has 0 radical (unpaired) electrons. The molecule has 1 aromatic heterocycles. The second-order valence-corrected chi connectivity index (χ2v) is 8.34. The fourth-order valence-electron chi connectivity index (χ4n) is 3.95. The topological polar surface area (TPSA) is 96.7 Å². The van der Waals surface area contributed by atoms with Gasteiger partial charge in [0.2, 0.25) is 5.91 Å². The molecular formula is C28H28N4O4. The van der Waals surface area contributed by atoms with Gasteiger partial charge in [0.15, 0.2) is 6.29 Å². The van der Waals surface area contributed by atoms with Gasteiger partial charge in [-0.3, -0.25) is 4.79 Å². The number of methoxy groups -OCH3 is 1. The first-order valence-electron chi connectivity index (χ1n) is 11.9. The van der Waals surface area contributed by atoms with E-state index in [4.69, 9.17) is 14.3 Å². The van der Waals surface area contributed by atoms with Crippen molar-refractivity contribution in [2.24, 2.45) is 0 Å². The van der Waals surface area contributed by atoms with E-state index in [9.17, 15) is 10.1 Å². The lowest BCUT2D eigenvalue weighted by Gasteiger charge is -2.22. The minimum absolute atomic E-state index is 0.210. The van der Waals surface area contributed by atoms with Crippen LogP contribution in [0.4, 0.5) is 11.4 Å². The van der Waals surface area contributed by atoms with Gasteiger partial charge in [-0.25, -0.2) is 15.3 Å². The number of ether oxygens (including phenoxy) is 2. The summed E-state index contributed by atoms with van der Waals surface area (Å²) in [5, 5.41) is 10.4. The van der Waals surface area contributed by atoms with Gasteiger partial charge in [0.05, 0.1) is 23.9 Å². The van der Waals surface area contributed by atoms with Crippen LogP contribution in [-0.4, -0.2) is 37.9 Å². The number of rotatable bonds is 7. The zero-order valence-electron chi connectivity index (χ0n) is 20.4. The van der Waals surface area contributed by atoms with Crippen LogP contribution in [0.25, 0.3) is 10.9 Å². The average Bonchev–Trinajstić information content (AvgIpc) is 2.93. The van der Waals surface area contributed by atoms with Crippen molar-refractivity contribution < 1.29 is 19.1 Å². The van der Waals surface area contributed by atoms with Gasteiger partial charge in [-0.1, -0.05) is 30.0 Å². The van der Waals surface area contributed by atoms with Crippen molar-refractivity contribution >= 4 is 28.2 Å². The summed E-state index contributed by atoms with van der Waals surface area (Å²) in [6.07, 6.45) is 3.02. The van der Waals surface area contributed by atoms with Gasteiger partial charge in [0.1, 0.15) is 17.5 Å². The number of carbonyl (C=O) groups is 1. The van der Waals surface area contributed by atoms with Crippen LogP contribution in [-0.2, 0) is 14.4 Å². The summed E-state index contributed by atoms with van der Waals surface area (Å²) < 4.78 is 10.9. The standard InChI is InChI=1S/C28H28N4O4/c1-32(25-18-21(19-29)30-24-11-5-4-10-23(24)25)22-14-15-26(34-2)20(17-22)9-3-6-12-27(33)31-36-28-13-7-8-16-35-28/h4-5,10-11,14-15,17-18,28H,6-8,12-13,16H2,1-2H3,(H,31,33)/t28-/m0/s1. The van der Waals surface area contributed by atoms with Crippen molar-refractivity contribution in [1.29, 1.82) is 5.26 Å². The molecule has 0 unspecified atom stereocenters. The lowest BCUT2D eigenvalue weighted by Crippen LogP contribution is -2.32. The third-order valence-corrected chi connectivity index (χ3v) is 5.88. The second kappa shape index (κ2) is 12.0. The first-order chi connectivity index (χ1) is 17.6. The lowest BCUT2D eigenvalue weighted by molar-refractivity contribution is -0.200. The first kappa shape index (κ1) is 25.0. The highest BCUT2D eigenvalue weighted by Crippen LogP contribution is 2.33. The number of nitrogens with one attached hydrogen (secondary N) is 1. The Kier molecular flexibility index (Phi) is 8.36. The Morgan fingerprint density at radius 1 is 1.25 bits per heavy atom. The highest BCUT2D eigenvalue weighted by Gasteiger charge is 2.16. The van der Waals surface area contributed by atoms with Gasteiger partial charge in [-0.05, 0) is 43.2 Å². The maximum Gasteiger partial charge on any atom is 0.244 e. The molecular weight excluding hydrogens is 456 g/mol. The summed E-state index contributed by atoms with van der Waals surface area (Å²) in [6.45, 7) is 0.652. The molecule has 184 valence electrons. The summed E-state index contributed by atoms with van der Waals surface area (Å²) in [4.78, 5) is 23.8. The Morgan fingerprint density at radius 3 is 2.89 bits per heavy atom. The molecule has 0 aliphatic carbocycles. The zero-order valence-corrected chi connectivity index (χ0v) is 20.4. The first-order valence-corrected chi connectivity index (χ1v) is 11.9. The molecule has 8 heteroatoms. The minimum atomic E-state index is -0.375. The maximum absolute atomic E-state index is 12.1. The number of nitriles is 1. The molecule has 1 N–H and O–H groups in total. The fourth-order valence-corrected chi connectivity index (χ4v) is 3.95. The molecule has 1 aliphatic heterocycles. The number of hydroxylamine groups is 1. The van der Waals surface area contributed by atoms with Gasteiger partial charge < -0.3 is 14.4 Å². The summed E-state index contributed by atoms with van der Waals surface area (Å²) in [5.41, 5.74) is 5.99. The number of aromatic nitrogens is 1. The highest BCUT2D eigenvalue weighted by atomic mass is 16.8. The number of hydrogen-bond acceptors (Lipinski definition) is 7. The number of hydrogen-bond donors (Lipinski definition) is 1. The van der Waals surface area contributed by atoms with Crippen LogP contribution in [0.15, 0.2) is 48.5 Å². The number of pyridine rings is 1. The monoisotopic (exact) mass is 484 g/mol. The maximum atomic E-state index is 12.1. The van der Waals surface area contributed by atoms with E-state index in [1.54, 1.807) is 13.2 Å². The van der Waals surface area contributed by atoms with E-state index >= 15 is 0 Å². The van der Waals surface area contributed by atoms with Crippen molar-refractivity contribution in [2.45, 2.75) is 38.4 Å². The van der Waals surface area contributed by atoms with Gasteiger partial charge in [0.25, 0.3) is 0 Å². The average molecular weight is 485 g/mol. The third-order valence-electron chi connectivity index (χ3n) is 5.88.